The molecule has 1 aromatic rings. The Morgan fingerprint density at radius 1 is 1.44 bits per heavy atom. The van der Waals surface area contributed by atoms with E-state index in [1.165, 1.54) is 13.8 Å². The van der Waals surface area contributed by atoms with Crippen molar-refractivity contribution in [2.24, 2.45) is 0 Å². The highest BCUT2D eigenvalue weighted by molar-refractivity contribution is 7.92. The standard InChI is InChI=1S/C10H13ClO3S2/c1-6-5-7(15-9(6)11)8(12)10(2,3)16(4,13)14/h5H,1-4H3. The third-order valence-electron chi connectivity index (χ3n) is 2.55. The van der Waals surface area contributed by atoms with Gasteiger partial charge in [-0.2, -0.15) is 0 Å². The molecule has 0 aliphatic carbocycles. The maximum atomic E-state index is 12.1. The quantitative estimate of drug-likeness (QED) is 0.800. The first kappa shape index (κ1) is 13.7. The molecule has 0 aliphatic rings. The van der Waals surface area contributed by atoms with Crippen LogP contribution in [-0.2, 0) is 9.84 Å². The van der Waals surface area contributed by atoms with E-state index >= 15 is 0 Å². The Labute approximate surface area is 104 Å². The number of hydrogen-bond donors (Lipinski definition) is 0. The molecule has 6 heteroatoms. The Morgan fingerprint density at radius 2 is 1.94 bits per heavy atom. The average Bonchev–Trinajstić information content (AvgIpc) is 2.43. The summed E-state index contributed by atoms with van der Waals surface area (Å²) >= 11 is 6.97. The van der Waals surface area contributed by atoms with Crippen molar-refractivity contribution in [3.63, 3.8) is 0 Å². The highest BCUT2D eigenvalue weighted by atomic mass is 35.5. The van der Waals surface area contributed by atoms with E-state index in [1.807, 2.05) is 0 Å². The second-order valence-corrected chi connectivity index (χ2v) is 8.40. The van der Waals surface area contributed by atoms with Crippen LogP contribution in [0.2, 0.25) is 4.34 Å². The topological polar surface area (TPSA) is 51.2 Å². The zero-order chi connectivity index (χ0) is 12.7. The number of Topliss-reactive ketones (excluding diaryl/α,β-unsaturated/α-hetero) is 1. The molecule has 0 atom stereocenters. The smallest absolute Gasteiger partial charge is 0.193 e. The third-order valence-corrected chi connectivity index (χ3v) is 6.15. The zero-order valence-electron chi connectivity index (χ0n) is 9.50. The molecule has 0 N–H and O–H groups in total. The maximum Gasteiger partial charge on any atom is 0.193 e. The molecule has 0 bridgehead atoms. The summed E-state index contributed by atoms with van der Waals surface area (Å²) in [6, 6.07) is 1.63. The molecule has 0 spiro atoms. The van der Waals surface area contributed by atoms with Gasteiger partial charge in [0, 0.05) is 6.26 Å². The van der Waals surface area contributed by atoms with Crippen LogP contribution in [-0.4, -0.2) is 25.2 Å². The first-order chi connectivity index (χ1) is 7.07. The number of aryl methyl sites for hydroxylation is 1. The monoisotopic (exact) mass is 280 g/mol. The second kappa shape index (κ2) is 4.13. The Balaban J connectivity index is 3.23. The summed E-state index contributed by atoms with van der Waals surface area (Å²) in [5, 5.41) is 0. The van der Waals surface area contributed by atoms with Gasteiger partial charge in [0.1, 0.15) is 4.75 Å². The van der Waals surface area contributed by atoms with Gasteiger partial charge in [-0.15, -0.1) is 11.3 Å². The molecule has 1 aromatic heterocycles. The van der Waals surface area contributed by atoms with Crippen molar-refractivity contribution in [3.8, 4) is 0 Å². The highest BCUT2D eigenvalue weighted by Gasteiger charge is 2.39. The molecular weight excluding hydrogens is 268 g/mol. The van der Waals surface area contributed by atoms with E-state index in [0.717, 1.165) is 23.2 Å². The largest absolute Gasteiger partial charge is 0.292 e. The van der Waals surface area contributed by atoms with E-state index in [9.17, 15) is 13.2 Å². The number of carbonyl (C=O) groups excluding carboxylic acids is 1. The van der Waals surface area contributed by atoms with Crippen LogP contribution in [0, 0.1) is 6.92 Å². The summed E-state index contributed by atoms with van der Waals surface area (Å²) in [6.45, 7) is 4.60. The Morgan fingerprint density at radius 3 is 2.25 bits per heavy atom. The van der Waals surface area contributed by atoms with Gasteiger partial charge in [0.2, 0.25) is 0 Å². The van der Waals surface area contributed by atoms with Crippen LogP contribution >= 0.6 is 22.9 Å². The van der Waals surface area contributed by atoms with Crippen molar-refractivity contribution in [1.82, 2.24) is 0 Å². The molecule has 3 nitrogen and oxygen atoms in total. The van der Waals surface area contributed by atoms with Gasteiger partial charge >= 0.3 is 0 Å². The SMILES string of the molecule is Cc1cc(C(=O)C(C)(C)S(C)(=O)=O)sc1Cl. The lowest BCUT2D eigenvalue weighted by molar-refractivity contribution is 0.0958. The molecule has 0 saturated carbocycles. The van der Waals surface area contributed by atoms with Crippen LogP contribution < -0.4 is 0 Å². The Hall–Kier alpha value is -0.390. The van der Waals surface area contributed by atoms with Crippen molar-refractivity contribution < 1.29 is 13.2 Å². The van der Waals surface area contributed by atoms with Crippen LogP contribution in [0.1, 0.15) is 29.1 Å². The summed E-state index contributed by atoms with van der Waals surface area (Å²) in [4.78, 5) is 12.4. The lowest BCUT2D eigenvalue weighted by Crippen LogP contribution is -2.39. The van der Waals surface area contributed by atoms with E-state index in [2.05, 4.69) is 0 Å². The summed E-state index contributed by atoms with van der Waals surface area (Å²) in [7, 11) is -3.44. The molecule has 0 unspecified atom stereocenters. The van der Waals surface area contributed by atoms with Crippen LogP contribution in [0.3, 0.4) is 0 Å². The van der Waals surface area contributed by atoms with Gasteiger partial charge in [-0.05, 0) is 32.4 Å². The fraction of sp³-hybridized carbons (Fsp3) is 0.500. The molecule has 1 rings (SSSR count). The van der Waals surface area contributed by atoms with Crippen LogP contribution in [0.15, 0.2) is 6.07 Å². The summed E-state index contributed by atoms with van der Waals surface area (Å²) in [5.41, 5.74) is 0.791. The average molecular weight is 281 g/mol. The second-order valence-electron chi connectivity index (χ2n) is 4.18. The van der Waals surface area contributed by atoms with Crippen molar-refractivity contribution in [1.29, 1.82) is 0 Å². The lowest BCUT2D eigenvalue weighted by atomic mass is 10.1. The van der Waals surface area contributed by atoms with Crippen LogP contribution in [0.25, 0.3) is 0 Å². The van der Waals surface area contributed by atoms with E-state index < -0.39 is 20.4 Å². The molecule has 0 aliphatic heterocycles. The number of thiophene rings is 1. The van der Waals surface area contributed by atoms with E-state index in [4.69, 9.17) is 11.6 Å². The molecule has 1 heterocycles. The number of sulfone groups is 1. The number of ketones is 1. The van der Waals surface area contributed by atoms with Gasteiger partial charge in [-0.1, -0.05) is 11.6 Å². The molecule has 0 aromatic carbocycles. The summed E-state index contributed by atoms with van der Waals surface area (Å²) in [6.07, 6.45) is 1.06. The number of carbonyl (C=O) groups is 1. The first-order valence-corrected chi connectivity index (χ1v) is 7.66. The minimum atomic E-state index is -3.44. The van der Waals surface area contributed by atoms with Crippen molar-refractivity contribution in [2.45, 2.75) is 25.5 Å². The predicted octanol–water partition coefficient (Wildman–Crippen LogP) is 2.72. The molecule has 0 saturated heterocycles. The van der Waals surface area contributed by atoms with Crippen LogP contribution in [0.5, 0.6) is 0 Å². The number of halogens is 1. The summed E-state index contributed by atoms with van der Waals surface area (Å²) < 4.78 is 22.1. The Bertz CT molecular complexity index is 507. The molecule has 16 heavy (non-hydrogen) atoms. The predicted molar refractivity (Wildman–Crippen MR) is 67.3 cm³/mol. The van der Waals surface area contributed by atoms with Crippen LogP contribution in [0.4, 0.5) is 0 Å². The first-order valence-electron chi connectivity index (χ1n) is 4.57. The van der Waals surface area contributed by atoms with Crippen molar-refractivity contribution in [2.75, 3.05) is 6.26 Å². The van der Waals surface area contributed by atoms with Gasteiger partial charge in [0.25, 0.3) is 0 Å². The number of rotatable bonds is 3. The van der Waals surface area contributed by atoms with Crippen molar-refractivity contribution >= 4 is 38.6 Å². The maximum absolute atomic E-state index is 12.1. The minimum Gasteiger partial charge on any atom is -0.292 e. The van der Waals surface area contributed by atoms with Gasteiger partial charge in [0.15, 0.2) is 15.6 Å². The number of hydrogen-bond acceptors (Lipinski definition) is 4. The van der Waals surface area contributed by atoms with Crippen molar-refractivity contribution in [3.05, 3.63) is 20.8 Å². The lowest BCUT2D eigenvalue weighted by Gasteiger charge is -2.19. The normalized spacial score (nSPS) is 12.8. The Kier molecular flexibility index (Phi) is 3.53. The summed E-state index contributed by atoms with van der Waals surface area (Å²) in [5.74, 6) is -0.407. The fourth-order valence-electron chi connectivity index (χ4n) is 1.04. The van der Waals surface area contributed by atoms with E-state index in [1.54, 1.807) is 13.0 Å². The highest BCUT2D eigenvalue weighted by Crippen LogP contribution is 2.31. The minimum absolute atomic E-state index is 0.387. The molecule has 0 amide bonds. The van der Waals surface area contributed by atoms with Gasteiger partial charge in [-0.25, -0.2) is 8.42 Å². The van der Waals surface area contributed by atoms with E-state index in [0.29, 0.717) is 9.21 Å². The fourth-order valence-corrected chi connectivity index (χ4v) is 2.85. The molecule has 90 valence electrons. The third kappa shape index (κ3) is 2.31. The molecule has 0 fully saturated rings. The van der Waals surface area contributed by atoms with Gasteiger partial charge in [0.05, 0.1) is 9.21 Å². The molecular formula is C10H13ClO3S2. The zero-order valence-corrected chi connectivity index (χ0v) is 11.9. The van der Waals surface area contributed by atoms with Gasteiger partial charge < -0.3 is 0 Å². The van der Waals surface area contributed by atoms with Gasteiger partial charge in [-0.3, -0.25) is 4.79 Å². The molecule has 0 radical (unpaired) electrons. The van der Waals surface area contributed by atoms with E-state index in [-0.39, 0.29) is 0 Å².